The van der Waals surface area contributed by atoms with Crippen LogP contribution in [-0.2, 0) is 9.16 Å². The second-order valence-corrected chi connectivity index (χ2v) is 17.9. The maximum Gasteiger partial charge on any atom is 0.192 e. The second kappa shape index (κ2) is 8.13. The van der Waals surface area contributed by atoms with Gasteiger partial charge >= 0.3 is 0 Å². The SMILES string of the molecule is COC[C@]12CCC(O[Si](C)(C)C(C)(C)C)C[C@@H]1CC[C@@H]1[C@@H]2CC[C@]2(C)/C(=N/O)CC[C@@H]12. The highest BCUT2D eigenvalue weighted by molar-refractivity contribution is 6.74. The Balaban J connectivity index is 1.55. The zero-order valence-electron chi connectivity index (χ0n) is 21.2. The summed E-state index contributed by atoms with van der Waals surface area (Å²) in [6, 6.07) is 0. The lowest BCUT2D eigenvalue weighted by Crippen LogP contribution is -2.57. The molecule has 0 aromatic carbocycles. The minimum atomic E-state index is -1.73. The molecule has 4 aliphatic rings. The average Bonchev–Trinajstić information content (AvgIpc) is 3.03. The van der Waals surface area contributed by atoms with Crippen molar-refractivity contribution in [2.75, 3.05) is 13.7 Å². The van der Waals surface area contributed by atoms with Gasteiger partial charge in [-0.05, 0) is 105 Å². The first kappa shape index (κ1) is 23.8. The fraction of sp³-hybridized carbons (Fsp3) is 0.962. The van der Waals surface area contributed by atoms with Crippen molar-refractivity contribution in [3.8, 4) is 0 Å². The van der Waals surface area contributed by atoms with Gasteiger partial charge in [-0.25, -0.2) is 0 Å². The maximum atomic E-state index is 9.62. The van der Waals surface area contributed by atoms with Gasteiger partial charge in [-0.2, -0.15) is 0 Å². The van der Waals surface area contributed by atoms with Crippen LogP contribution < -0.4 is 0 Å². The van der Waals surface area contributed by atoms with Gasteiger partial charge in [0.25, 0.3) is 0 Å². The van der Waals surface area contributed by atoms with E-state index >= 15 is 0 Å². The number of hydrogen-bond donors (Lipinski definition) is 1. The third-order valence-corrected chi connectivity index (χ3v) is 15.4. The fourth-order valence-electron chi connectivity index (χ4n) is 8.21. The Labute approximate surface area is 191 Å². The molecule has 1 N–H and O–H groups in total. The van der Waals surface area contributed by atoms with Crippen molar-refractivity contribution in [3.05, 3.63) is 0 Å². The Morgan fingerprint density at radius 1 is 1.06 bits per heavy atom. The van der Waals surface area contributed by atoms with E-state index in [9.17, 15) is 5.21 Å². The fourth-order valence-corrected chi connectivity index (χ4v) is 9.61. The van der Waals surface area contributed by atoms with Gasteiger partial charge in [-0.15, -0.1) is 0 Å². The van der Waals surface area contributed by atoms with Crippen LogP contribution >= 0.6 is 0 Å². The van der Waals surface area contributed by atoms with Gasteiger partial charge in [0.05, 0.1) is 12.3 Å². The zero-order chi connectivity index (χ0) is 22.7. The Kier molecular flexibility index (Phi) is 6.23. The highest BCUT2D eigenvalue weighted by Gasteiger charge is 2.61. The molecule has 4 saturated carbocycles. The van der Waals surface area contributed by atoms with E-state index in [1.54, 1.807) is 0 Å². The van der Waals surface area contributed by atoms with Crippen LogP contribution in [0.15, 0.2) is 5.16 Å². The van der Waals surface area contributed by atoms with Gasteiger partial charge in [-0.1, -0.05) is 32.9 Å². The lowest BCUT2D eigenvalue weighted by atomic mass is 9.44. The van der Waals surface area contributed by atoms with Crippen LogP contribution in [0.5, 0.6) is 0 Å². The van der Waals surface area contributed by atoms with Crippen LogP contribution in [-0.4, -0.2) is 39.1 Å². The Morgan fingerprint density at radius 2 is 1.81 bits per heavy atom. The molecule has 4 nitrogen and oxygen atoms in total. The smallest absolute Gasteiger partial charge is 0.192 e. The van der Waals surface area contributed by atoms with Crippen LogP contribution in [0.25, 0.3) is 0 Å². The largest absolute Gasteiger partial charge is 0.414 e. The molecule has 0 heterocycles. The van der Waals surface area contributed by atoms with Crippen molar-refractivity contribution in [1.29, 1.82) is 0 Å². The van der Waals surface area contributed by atoms with Crippen molar-refractivity contribution in [3.63, 3.8) is 0 Å². The van der Waals surface area contributed by atoms with E-state index in [1.165, 1.54) is 51.4 Å². The molecule has 0 radical (unpaired) electrons. The number of nitrogens with zero attached hydrogens (tertiary/aromatic N) is 1. The van der Waals surface area contributed by atoms with Crippen molar-refractivity contribution >= 4 is 14.0 Å². The number of fused-ring (bicyclic) bond motifs is 5. The molecule has 4 aliphatic carbocycles. The molecular weight excluding hydrogens is 402 g/mol. The molecule has 5 heteroatoms. The van der Waals surface area contributed by atoms with Crippen LogP contribution in [0.1, 0.15) is 85.5 Å². The third-order valence-electron chi connectivity index (χ3n) is 10.9. The van der Waals surface area contributed by atoms with Gasteiger partial charge in [0, 0.05) is 18.6 Å². The van der Waals surface area contributed by atoms with E-state index in [2.05, 4.69) is 45.9 Å². The number of ether oxygens (including phenoxy) is 1. The molecule has 0 spiro atoms. The van der Waals surface area contributed by atoms with Gasteiger partial charge in [-0.3, -0.25) is 0 Å². The lowest BCUT2D eigenvalue weighted by Gasteiger charge is -2.61. The highest BCUT2D eigenvalue weighted by atomic mass is 28.4. The summed E-state index contributed by atoms with van der Waals surface area (Å²) in [4.78, 5) is 0. The standard InChI is InChI=1S/C26H47NO3Si/c1-24(2,3)31(6,7)30-19-12-15-26(17-29-5)18(16-19)8-9-20-21-10-11-23(27-28)25(21,4)14-13-22(20)26/h18-22,28H,8-17H2,1-7H3/b27-23+/t18-,19?,20-,21-,22-,25-,26+/m0/s1. The Morgan fingerprint density at radius 3 is 2.45 bits per heavy atom. The van der Waals surface area contributed by atoms with Crippen LogP contribution in [0.3, 0.4) is 0 Å². The Bertz CT molecular complexity index is 701. The molecule has 0 bridgehead atoms. The van der Waals surface area contributed by atoms with E-state index in [4.69, 9.17) is 9.16 Å². The molecule has 0 aromatic rings. The van der Waals surface area contributed by atoms with Crippen molar-refractivity contribution in [2.24, 2.45) is 39.7 Å². The minimum absolute atomic E-state index is 0.125. The number of hydrogen-bond acceptors (Lipinski definition) is 4. The molecule has 4 rings (SSSR count). The van der Waals surface area contributed by atoms with Crippen LogP contribution in [0.4, 0.5) is 0 Å². The second-order valence-electron chi connectivity index (χ2n) is 13.1. The van der Waals surface area contributed by atoms with E-state index < -0.39 is 8.32 Å². The highest BCUT2D eigenvalue weighted by Crippen LogP contribution is 2.66. The predicted molar refractivity (Wildman–Crippen MR) is 129 cm³/mol. The van der Waals surface area contributed by atoms with Gasteiger partial charge in [0.15, 0.2) is 8.32 Å². The van der Waals surface area contributed by atoms with Crippen molar-refractivity contribution in [2.45, 2.75) is 110 Å². The number of methoxy groups -OCH3 is 1. The topological polar surface area (TPSA) is 51.0 Å². The van der Waals surface area contributed by atoms with E-state index in [0.29, 0.717) is 17.4 Å². The van der Waals surface area contributed by atoms with E-state index in [1.807, 2.05) is 7.11 Å². The van der Waals surface area contributed by atoms with Crippen molar-refractivity contribution < 1.29 is 14.4 Å². The molecular formula is C26H47NO3Si. The summed E-state index contributed by atoms with van der Waals surface area (Å²) in [5.41, 5.74) is 1.52. The monoisotopic (exact) mass is 449 g/mol. The van der Waals surface area contributed by atoms with E-state index in [-0.39, 0.29) is 10.5 Å². The van der Waals surface area contributed by atoms with Crippen molar-refractivity contribution in [1.82, 2.24) is 0 Å². The first-order valence-electron chi connectivity index (χ1n) is 12.9. The summed E-state index contributed by atoms with van der Waals surface area (Å²) in [5.74, 6) is 2.94. The predicted octanol–water partition coefficient (Wildman–Crippen LogP) is 6.88. The number of oxime groups is 1. The zero-order valence-corrected chi connectivity index (χ0v) is 22.2. The summed E-state index contributed by atoms with van der Waals surface area (Å²) in [6.45, 7) is 15.2. The minimum Gasteiger partial charge on any atom is -0.414 e. The summed E-state index contributed by atoms with van der Waals surface area (Å²) in [6.07, 6.45) is 11.4. The summed E-state index contributed by atoms with van der Waals surface area (Å²) in [7, 11) is 0.176. The summed E-state index contributed by atoms with van der Waals surface area (Å²) in [5, 5.41) is 13.7. The van der Waals surface area contributed by atoms with Gasteiger partial charge in [0.1, 0.15) is 0 Å². The van der Waals surface area contributed by atoms with Gasteiger partial charge < -0.3 is 14.4 Å². The molecule has 4 fully saturated rings. The third kappa shape index (κ3) is 3.75. The molecule has 31 heavy (non-hydrogen) atoms. The van der Waals surface area contributed by atoms with Crippen LogP contribution in [0.2, 0.25) is 18.1 Å². The summed E-state index contributed by atoms with van der Waals surface area (Å²) < 4.78 is 12.9. The average molecular weight is 450 g/mol. The molecule has 0 aliphatic heterocycles. The Hall–Kier alpha value is -0.393. The molecule has 7 atom stereocenters. The molecule has 0 aromatic heterocycles. The van der Waals surface area contributed by atoms with Gasteiger partial charge in [0.2, 0.25) is 0 Å². The quantitative estimate of drug-likeness (QED) is 0.289. The van der Waals surface area contributed by atoms with E-state index in [0.717, 1.165) is 36.5 Å². The van der Waals surface area contributed by atoms with Crippen LogP contribution in [0, 0.1) is 34.5 Å². The molecule has 178 valence electrons. The number of rotatable bonds is 4. The molecule has 0 amide bonds. The normalized spacial score (nSPS) is 44.6. The molecule has 0 saturated heterocycles. The molecule has 1 unspecified atom stereocenters. The lowest BCUT2D eigenvalue weighted by molar-refractivity contribution is -0.148. The summed E-state index contributed by atoms with van der Waals surface area (Å²) >= 11 is 0. The first-order valence-corrected chi connectivity index (χ1v) is 15.8. The maximum absolute atomic E-state index is 9.62. The first-order chi connectivity index (χ1) is 14.5.